The first-order valence-corrected chi connectivity index (χ1v) is 11.0. The molecule has 0 aliphatic carbocycles. The lowest BCUT2D eigenvalue weighted by Crippen LogP contribution is -1.97. The maximum absolute atomic E-state index is 9.24. The minimum Gasteiger partial charge on any atom is -0.497 e. The first-order chi connectivity index (χ1) is 14.2. The molecule has 29 heavy (non-hydrogen) atoms. The molecule has 2 heterocycles. The summed E-state index contributed by atoms with van der Waals surface area (Å²) in [6.45, 7) is 7.71. The van der Waals surface area contributed by atoms with Crippen molar-refractivity contribution in [2.75, 3.05) is 13.3 Å². The van der Waals surface area contributed by atoms with E-state index in [1.807, 2.05) is 28.8 Å². The van der Waals surface area contributed by atoms with E-state index in [0.717, 1.165) is 44.2 Å². The normalized spacial score (nSPS) is 12.0. The number of aliphatic hydroxyl groups excluding tert-OH is 1. The monoisotopic (exact) mass is 406 g/mol. The highest BCUT2D eigenvalue weighted by atomic mass is 31.1. The van der Waals surface area contributed by atoms with Crippen molar-refractivity contribution >= 4 is 19.7 Å². The molecule has 1 aromatic carbocycles. The van der Waals surface area contributed by atoms with E-state index in [0.29, 0.717) is 5.69 Å². The lowest BCUT2D eigenvalue weighted by molar-refractivity contribution is 0.276. The quantitative estimate of drug-likeness (QED) is 0.292. The van der Waals surface area contributed by atoms with E-state index < -0.39 is 0 Å². The van der Waals surface area contributed by atoms with E-state index in [1.165, 1.54) is 16.7 Å². The van der Waals surface area contributed by atoms with Crippen molar-refractivity contribution in [2.24, 2.45) is 0 Å². The Hall–Kier alpha value is -2.68. The van der Waals surface area contributed by atoms with Crippen LogP contribution >= 0.6 is 8.58 Å². The maximum atomic E-state index is 9.24. The summed E-state index contributed by atoms with van der Waals surface area (Å²) in [7, 11) is 2.50. The van der Waals surface area contributed by atoms with Crippen LogP contribution in [0.5, 0.6) is 5.75 Å². The van der Waals surface area contributed by atoms with Gasteiger partial charge in [-0.3, -0.25) is 0 Å². The van der Waals surface area contributed by atoms with E-state index in [2.05, 4.69) is 48.7 Å². The van der Waals surface area contributed by atoms with Crippen LogP contribution in [0.3, 0.4) is 0 Å². The molecule has 0 bridgehead atoms. The van der Waals surface area contributed by atoms with E-state index in [4.69, 9.17) is 4.74 Å². The van der Waals surface area contributed by atoms with Crippen LogP contribution in [0.15, 0.2) is 74.0 Å². The molecule has 3 rings (SSSR count). The molecule has 0 aliphatic heterocycles. The fraction of sp³-hybridized carbons (Fsp3) is 0.208. The van der Waals surface area contributed by atoms with Crippen LogP contribution in [0.1, 0.15) is 22.4 Å². The number of allylic oxidation sites excluding steroid dienone is 4. The van der Waals surface area contributed by atoms with Gasteiger partial charge < -0.3 is 9.84 Å². The van der Waals surface area contributed by atoms with Crippen molar-refractivity contribution in [2.45, 2.75) is 19.2 Å². The van der Waals surface area contributed by atoms with Gasteiger partial charge in [0, 0.05) is 6.20 Å². The minimum absolute atomic E-state index is 0.0331. The van der Waals surface area contributed by atoms with Crippen LogP contribution in [0.4, 0.5) is 0 Å². The summed E-state index contributed by atoms with van der Waals surface area (Å²) < 4.78 is 7.27. The van der Waals surface area contributed by atoms with Gasteiger partial charge in [0.2, 0.25) is 0 Å². The SMILES string of the molecule is C=C/C=C(\C=C)c1ccc(OC)cc1CCPCc1ccc2cc(CO)nn2c1. The summed E-state index contributed by atoms with van der Waals surface area (Å²) >= 11 is 0. The van der Waals surface area contributed by atoms with Crippen molar-refractivity contribution in [3.63, 3.8) is 0 Å². The third kappa shape index (κ3) is 5.23. The Balaban J connectivity index is 1.67. The fourth-order valence-electron chi connectivity index (χ4n) is 3.30. The van der Waals surface area contributed by atoms with Gasteiger partial charge in [-0.2, -0.15) is 5.10 Å². The van der Waals surface area contributed by atoms with Crippen molar-refractivity contribution in [3.05, 3.63) is 96.4 Å². The number of benzene rings is 1. The molecular formula is C24H27N2O2P. The molecule has 1 N–H and O–H groups in total. The first-order valence-electron chi connectivity index (χ1n) is 9.59. The molecule has 3 aromatic rings. The number of aromatic nitrogens is 2. The Bertz CT molecular complexity index is 1040. The highest BCUT2D eigenvalue weighted by molar-refractivity contribution is 7.37. The zero-order chi connectivity index (χ0) is 20.6. The summed E-state index contributed by atoms with van der Waals surface area (Å²) in [5.74, 6) is 0.873. The summed E-state index contributed by atoms with van der Waals surface area (Å²) in [6, 6.07) is 12.3. The Morgan fingerprint density at radius 1 is 1.24 bits per heavy atom. The predicted molar refractivity (Wildman–Crippen MR) is 123 cm³/mol. The second-order valence-electron chi connectivity index (χ2n) is 6.71. The largest absolute Gasteiger partial charge is 0.497 e. The average Bonchev–Trinajstić information content (AvgIpc) is 3.17. The lowest BCUT2D eigenvalue weighted by Gasteiger charge is -2.12. The van der Waals surface area contributed by atoms with Crippen LogP contribution in [0.2, 0.25) is 0 Å². The number of ether oxygens (including phenoxy) is 1. The molecule has 0 saturated heterocycles. The van der Waals surface area contributed by atoms with Crippen molar-refractivity contribution in [1.82, 2.24) is 9.61 Å². The van der Waals surface area contributed by atoms with Crippen LogP contribution in [0.25, 0.3) is 11.1 Å². The maximum Gasteiger partial charge on any atom is 0.119 e. The number of pyridine rings is 1. The molecule has 0 saturated carbocycles. The zero-order valence-electron chi connectivity index (χ0n) is 16.8. The molecular weight excluding hydrogens is 379 g/mol. The Morgan fingerprint density at radius 3 is 2.83 bits per heavy atom. The number of hydrogen-bond acceptors (Lipinski definition) is 3. The fourth-order valence-corrected chi connectivity index (χ4v) is 4.42. The van der Waals surface area contributed by atoms with Crippen molar-refractivity contribution in [1.29, 1.82) is 0 Å². The molecule has 4 nitrogen and oxygen atoms in total. The molecule has 0 amide bonds. The van der Waals surface area contributed by atoms with E-state index >= 15 is 0 Å². The molecule has 150 valence electrons. The molecule has 1 atom stereocenters. The van der Waals surface area contributed by atoms with Gasteiger partial charge in [0.05, 0.1) is 24.9 Å². The van der Waals surface area contributed by atoms with E-state index in [9.17, 15) is 5.11 Å². The third-order valence-corrected chi connectivity index (χ3v) is 6.04. The van der Waals surface area contributed by atoms with Gasteiger partial charge in [0.25, 0.3) is 0 Å². The molecule has 1 unspecified atom stereocenters. The van der Waals surface area contributed by atoms with Crippen LogP contribution in [0, 0.1) is 0 Å². The second-order valence-corrected chi connectivity index (χ2v) is 8.07. The van der Waals surface area contributed by atoms with Crippen molar-refractivity contribution < 1.29 is 9.84 Å². The highest BCUT2D eigenvalue weighted by Gasteiger charge is 2.08. The Morgan fingerprint density at radius 2 is 2.10 bits per heavy atom. The molecule has 0 spiro atoms. The number of aliphatic hydroxyl groups is 1. The Kier molecular flexibility index (Phi) is 7.40. The summed E-state index contributed by atoms with van der Waals surface area (Å²) in [4.78, 5) is 0. The van der Waals surface area contributed by atoms with Gasteiger partial charge in [-0.15, -0.1) is 8.58 Å². The van der Waals surface area contributed by atoms with Gasteiger partial charge in [0.1, 0.15) is 5.75 Å². The molecule has 2 aromatic heterocycles. The van der Waals surface area contributed by atoms with Crippen LogP contribution in [-0.2, 0) is 19.2 Å². The number of fused-ring (bicyclic) bond motifs is 1. The lowest BCUT2D eigenvalue weighted by atomic mass is 9.97. The second kappa shape index (κ2) is 10.2. The summed E-state index contributed by atoms with van der Waals surface area (Å²) in [5, 5.41) is 13.6. The zero-order valence-corrected chi connectivity index (χ0v) is 17.8. The minimum atomic E-state index is -0.0331. The van der Waals surface area contributed by atoms with Gasteiger partial charge >= 0.3 is 0 Å². The van der Waals surface area contributed by atoms with E-state index in [1.54, 1.807) is 13.2 Å². The molecule has 0 radical (unpaired) electrons. The van der Waals surface area contributed by atoms with Gasteiger partial charge in [0.15, 0.2) is 0 Å². The van der Waals surface area contributed by atoms with Crippen molar-refractivity contribution in [3.8, 4) is 5.75 Å². The Labute approximate surface area is 174 Å². The topological polar surface area (TPSA) is 46.8 Å². The van der Waals surface area contributed by atoms with Crippen LogP contribution < -0.4 is 4.74 Å². The molecule has 0 aliphatic rings. The summed E-state index contributed by atoms with van der Waals surface area (Å²) in [5.41, 5.74) is 6.48. The van der Waals surface area contributed by atoms with Gasteiger partial charge in [-0.25, -0.2) is 4.52 Å². The average molecular weight is 406 g/mol. The number of aryl methyl sites for hydroxylation is 1. The predicted octanol–water partition coefficient (Wildman–Crippen LogP) is 5.01. The van der Waals surface area contributed by atoms with Gasteiger partial charge in [-0.1, -0.05) is 43.5 Å². The summed E-state index contributed by atoms with van der Waals surface area (Å²) in [6.07, 6.45) is 10.8. The third-order valence-electron chi connectivity index (χ3n) is 4.77. The molecule has 0 fully saturated rings. The smallest absolute Gasteiger partial charge is 0.119 e. The standard InChI is InChI=1S/C24H27N2O2P/c1-4-6-19(5-2)24-10-9-23(28-3)13-20(24)11-12-29-17-18-7-8-22-14-21(16-27)25-26(22)15-18/h4-10,13-15,27,29H,1-2,11-12,16-17H2,3H3/b19-6+. The van der Waals surface area contributed by atoms with E-state index in [-0.39, 0.29) is 6.61 Å². The number of hydrogen-bond donors (Lipinski definition) is 1. The number of nitrogens with zero attached hydrogens (tertiary/aromatic N) is 2. The number of methoxy groups -OCH3 is 1. The van der Waals surface area contributed by atoms with Crippen LogP contribution in [-0.4, -0.2) is 28.0 Å². The van der Waals surface area contributed by atoms with Gasteiger partial charge in [-0.05, 0) is 65.3 Å². The number of rotatable bonds is 10. The highest BCUT2D eigenvalue weighted by Crippen LogP contribution is 2.28. The first kappa shape index (κ1) is 21.0. The molecule has 5 heteroatoms.